The van der Waals surface area contributed by atoms with Gasteiger partial charge < -0.3 is 6.15 Å². The van der Waals surface area contributed by atoms with Crippen LogP contribution in [-0.4, -0.2) is 0 Å². The van der Waals surface area contributed by atoms with Gasteiger partial charge in [0.25, 0.3) is 0 Å². The Balaban J connectivity index is -0.0000000200. The van der Waals surface area contributed by atoms with Gasteiger partial charge in [-0.3, -0.25) is 0 Å². The van der Waals surface area contributed by atoms with Gasteiger partial charge in [-0.25, -0.2) is 0 Å². The Kier molecular flexibility index (Phi) is 135. The van der Waals surface area contributed by atoms with Crippen LogP contribution in [0.2, 0.25) is 0 Å². The molecule has 0 aromatic carbocycles. The molecular formula is C3H11NS. The Morgan fingerprint density at radius 1 is 1.60 bits per heavy atom. The molecule has 0 saturated heterocycles. The molecule has 0 radical (unpaired) electrons. The third-order valence-corrected chi connectivity index (χ3v) is 0. The van der Waals surface area contributed by atoms with Crippen molar-refractivity contribution in [2.45, 2.75) is 6.92 Å². The Bertz CT molecular complexity index is 14.4. The molecule has 0 bridgehead atoms. The topological polar surface area (TPSA) is 35.0 Å². The van der Waals surface area contributed by atoms with Crippen LogP contribution < -0.4 is 6.15 Å². The molecule has 1 nitrogen and oxygen atoms in total. The lowest BCUT2D eigenvalue weighted by Crippen LogP contribution is -1.07. The monoisotopic (exact) mass is 93.1 g/mol. The van der Waals surface area contributed by atoms with E-state index in [0.717, 1.165) is 0 Å². The SMILES string of the molecule is C=CC.N.S. The summed E-state index contributed by atoms with van der Waals surface area (Å²) in [5.74, 6) is 0. The second kappa shape index (κ2) is 34.2. The molecule has 0 atom stereocenters. The van der Waals surface area contributed by atoms with Gasteiger partial charge >= 0.3 is 0 Å². The average molecular weight is 93.2 g/mol. The van der Waals surface area contributed by atoms with Crippen LogP contribution in [0.1, 0.15) is 6.92 Å². The fourth-order valence-corrected chi connectivity index (χ4v) is 0. The van der Waals surface area contributed by atoms with Gasteiger partial charge in [0.05, 0.1) is 0 Å². The molecular weight excluding hydrogens is 82.1 g/mol. The summed E-state index contributed by atoms with van der Waals surface area (Å²) in [5.41, 5.74) is 0. The highest BCUT2D eigenvalue weighted by Crippen LogP contribution is 1.38. The Morgan fingerprint density at radius 3 is 1.60 bits per heavy atom. The van der Waals surface area contributed by atoms with Crippen molar-refractivity contribution < 1.29 is 0 Å². The van der Waals surface area contributed by atoms with Crippen molar-refractivity contribution in [2.75, 3.05) is 0 Å². The van der Waals surface area contributed by atoms with Gasteiger partial charge in [-0.05, 0) is 6.92 Å². The molecule has 2 heteroatoms. The van der Waals surface area contributed by atoms with Gasteiger partial charge in [-0.1, -0.05) is 6.08 Å². The lowest BCUT2D eigenvalue weighted by atomic mass is 10.8. The summed E-state index contributed by atoms with van der Waals surface area (Å²) in [4.78, 5) is 0. The minimum Gasteiger partial charge on any atom is -0.344 e. The van der Waals surface area contributed by atoms with E-state index in [2.05, 4.69) is 6.58 Å². The second-order valence-corrected chi connectivity index (χ2v) is 0.408. The predicted molar refractivity (Wildman–Crippen MR) is 31.3 cm³/mol. The predicted octanol–water partition coefficient (Wildman–Crippen LogP) is 1.47. The molecule has 0 heterocycles. The average Bonchev–Trinajstić information content (AvgIpc) is 0.918. The minimum atomic E-state index is 0. The maximum atomic E-state index is 3.36. The third kappa shape index (κ3) is 6810. The summed E-state index contributed by atoms with van der Waals surface area (Å²) in [7, 11) is 0. The molecule has 0 spiro atoms. The van der Waals surface area contributed by atoms with E-state index in [1.165, 1.54) is 0 Å². The van der Waals surface area contributed by atoms with Crippen LogP contribution in [0.3, 0.4) is 0 Å². The maximum Gasteiger partial charge on any atom is -0.0473 e. The molecule has 5 heavy (non-hydrogen) atoms. The lowest BCUT2D eigenvalue weighted by molar-refractivity contribution is 1.80. The number of allylic oxidation sites excluding steroid dienone is 1. The van der Waals surface area contributed by atoms with Gasteiger partial charge in [0.1, 0.15) is 0 Å². The number of hydrogen-bond acceptors (Lipinski definition) is 1. The molecule has 0 aliphatic rings. The van der Waals surface area contributed by atoms with Gasteiger partial charge in [0.15, 0.2) is 0 Å². The summed E-state index contributed by atoms with van der Waals surface area (Å²) in [5, 5.41) is 0. The molecule has 0 amide bonds. The molecule has 34 valence electrons. The van der Waals surface area contributed by atoms with Crippen LogP contribution in [0.5, 0.6) is 0 Å². The van der Waals surface area contributed by atoms with Crippen LogP contribution in [0.25, 0.3) is 0 Å². The Hall–Kier alpha value is 0.0500. The van der Waals surface area contributed by atoms with E-state index in [0.29, 0.717) is 0 Å². The summed E-state index contributed by atoms with van der Waals surface area (Å²) in [6.45, 7) is 5.25. The third-order valence-electron chi connectivity index (χ3n) is 0. The normalized spacial score (nSPS) is 2.60. The molecule has 0 aromatic rings. The van der Waals surface area contributed by atoms with Crippen molar-refractivity contribution in [3.05, 3.63) is 12.7 Å². The molecule has 0 aliphatic carbocycles. The molecule has 0 saturated carbocycles. The highest BCUT2D eigenvalue weighted by Gasteiger charge is 1.15. The lowest BCUT2D eigenvalue weighted by Gasteiger charge is -1.31. The van der Waals surface area contributed by atoms with Crippen molar-refractivity contribution >= 4 is 13.5 Å². The first kappa shape index (κ1) is 19.7. The summed E-state index contributed by atoms with van der Waals surface area (Å²) in [6, 6.07) is 0. The van der Waals surface area contributed by atoms with Crippen LogP contribution >= 0.6 is 13.5 Å². The Morgan fingerprint density at radius 2 is 1.60 bits per heavy atom. The number of hydrogen-bond donors (Lipinski definition) is 1. The smallest absolute Gasteiger partial charge is 0.0473 e. The van der Waals surface area contributed by atoms with E-state index in [-0.39, 0.29) is 19.6 Å². The van der Waals surface area contributed by atoms with Crippen LogP contribution in [0, 0.1) is 0 Å². The molecule has 0 aliphatic heterocycles. The molecule has 0 rings (SSSR count). The highest BCUT2D eigenvalue weighted by atomic mass is 32.1. The van der Waals surface area contributed by atoms with Gasteiger partial charge in [-0.2, -0.15) is 13.5 Å². The van der Waals surface area contributed by atoms with E-state index >= 15 is 0 Å². The first-order valence-electron chi connectivity index (χ1n) is 0.986. The van der Waals surface area contributed by atoms with Gasteiger partial charge in [0, 0.05) is 0 Å². The van der Waals surface area contributed by atoms with Crippen molar-refractivity contribution in [1.82, 2.24) is 6.15 Å². The fraction of sp³-hybridized carbons (Fsp3) is 0.333. The van der Waals surface area contributed by atoms with Crippen molar-refractivity contribution in [2.24, 2.45) is 0 Å². The van der Waals surface area contributed by atoms with Crippen molar-refractivity contribution in [1.29, 1.82) is 0 Å². The van der Waals surface area contributed by atoms with Gasteiger partial charge in [0.2, 0.25) is 0 Å². The fourth-order valence-electron chi connectivity index (χ4n) is 0. The standard InChI is InChI=1S/C3H6.H3N.H2S/c1-3-2;;/h3H,1H2,2H3;1H3;1H2. The highest BCUT2D eigenvalue weighted by molar-refractivity contribution is 7.59. The zero-order valence-corrected chi connectivity index (χ0v) is 4.49. The summed E-state index contributed by atoms with van der Waals surface area (Å²) in [6.07, 6.45) is 1.75. The largest absolute Gasteiger partial charge is 0.344 e. The zero-order valence-electron chi connectivity index (χ0n) is 3.49. The zero-order chi connectivity index (χ0) is 2.71. The second-order valence-electron chi connectivity index (χ2n) is 0.408. The van der Waals surface area contributed by atoms with Crippen LogP contribution in [0.4, 0.5) is 0 Å². The van der Waals surface area contributed by atoms with E-state index in [1.54, 1.807) is 6.08 Å². The van der Waals surface area contributed by atoms with Crippen molar-refractivity contribution in [3.63, 3.8) is 0 Å². The Labute approximate surface area is 40.1 Å². The molecule has 3 N–H and O–H groups in total. The minimum absolute atomic E-state index is 0. The number of rotatable bonds is 0. The van der Waals surface area contributed by atoms with E-state index in [4.69, 9.17) is 0 Å². The molecule has 0 unspecified atom stereocenters. The molecule has 0 fully saturated rings. The van der Waals surface area contributed by atoms with E-state index in [9.17, 15) is 0 Å². The van der Waals surface area contributed by atoms with Gasteiger partial charge in [-0.15, -0.1) is 6.58 Å². The first-order chi connectivity index (χ1) is 1.41. The van der Waals surface area contributed by atoms with E-state index in [1.807, 2.05) is 6.92 Å². The van der Waals surface area contributed by atoms with Crippen LogP contribution in [0.15, 0.2) is 12.7 Å². The van der Waals surface area contributed by atoms with E-state index < -0.39 is 0 Å². The van der Waals surface area contributed by atoms with Crippen LogP contribution in [-0.2, 0) is 0 Å². The molecule has 0 aromatic heterocycles. The summed E-state index contributed by atoms with van der Waals surface area (Å²) >= 11 is 0. The maximum absolute atomic E-state index is 3.36. The van der Waals surface area contributed by atoms with Crippen molar-refractivity contribution in [3.8, 4) is 0 Å². The first-order valence-corrected chi connectivity index (χ1v) is 0.986. The summed E-state index contributed by atoms with van der Waals surface area (Å²) < 4.78 is 0. The quantitative estimate of drug-likeness (QED) is 0.452.